The van der Waals surface area contributed by atoms with E-state index in [-0.39, 0.29) is 11.4 Å². The van der Waals surface area contributed by atoms with Crippen LogP contribution in [-0.4, -0.2) is 25.1 Å². The molecule has 0 saturated heterocycles. The van der Waals surface area contributed by atoms with Crippen LogP contribution in [0.15, 0.2) is 22.7 Å². The van der Waals surface area contributed by atoms with Gasteiger partial charge in [-0.05, 0) is 45.4 Å². The molecule has 21 heavy (non-hydrogen) atoms. The minimum Gasteiger partial charge on any atom is -0.493 e. The third-order valence-corrected chi connectivity index (χ3v) is 3.41. The lowest BCUT2D eigenvalue weighted by atomic mass is 10.1. The van der Waals surface area contributed by atoms with Crippen LogP contribution in [0.25, 0.3) is 0 Å². The van der Waals surface area contributed by atoms with E-state index in [2.05, 4.69) is 53.4 Å². The highest BCUT2D eigenvalue weighted by Gasteiger charge is 2.11. The van der Waals surface area contributed by atoms with E-state index in [1.807, 2.05) is 12.1 Å². The molecule has 0 aromatic heterocycles. The normalized spacial score (nSPS) is 11.3. The van der Waals surface area contributed by atoms with Crippen molar-refractivity contribution in [3.63, 3.8) is 0 Å². The van der Waals surface area contributed by atoms with E-state index >= 15 is 0 Å². The SMILES string of the molecule is CNC(=O)CCCOc1ccc(Br)cc1CNC(C)(C)C. The number of ether oxygens (including phenoxy) is 1. The van der Waals surface area contributed by atoms with Crippen LogP contribution in [0.4, 0.5) is 0 Å². The molecule has 0 bridgehead atoms. The van der Waals surface area contributed by atoms with E-state index in [9.17, 15) is 4.79 Å². The smallest absolute Gasteiger partial charge is 0.219 e. The second kappa shape index (κ2) is 8.39. The standard InChI is InChI=1S/C16H25BrN2O2/c1-16(2,3)19-11-12-10-13(17)7-8-14(12)21-9-5-6-15(20)18-4/h7-8,10,19H,5-6,9,11H2,1-4H3,(H,18,20). The number of nitrogens with one attached hydrogen (secondary N) is 2. The summed E-state index contributed by atoms with van der Waals surface area (Å²) >= 11 is 3.49. The molecule has 0 spiro atoms. The molecule has 0 atom stereocenters. The summed E-state index contributed by atoms with van der Waals surface area (Å²) in [5.74, 6) is 0.913. The fourth-order valence-corrected chi connectivity index (χ4v) is 2.14. The number of carbonyl (C=O) groups excluding carboxylic acids is 1. The van der Waals surface area contributed by atoms with Gasteiger partial charge in [0, 0.05) is 35.6 Å². The van der Waals surface area contributed by atoms with Crippen molar-refractivity contribution >= 4 is 21.8 Å². The molecule has 1 rings (SSSR count). The molecule has 5 heteroatoms. The molecule has 0 aliphatic heterocycles. The third kappa shape index (κ3) is 7.48. The fraction of sp³-hybridized carbons (Fsp3) is 0.562. The van der Waals surface area contributed by atoms with Crippen molar-refractivity contribution in [1.29, 1.82) is 0 Å². The molecule has 2 N–H and O–H groups in total. The van der Waals surface area contributed by atoms with Crippen LogP contribution in [0.1, 0.15) is 39.2 Å². The van der Waals surface area contributed by atoms with E-state index in [0.717, 1.165) is 22.3 Å². The number of rotatable bonds is 7. The maximum atomic E-state index is 11.2. The molecular weight excluding hydrogens is 332 g/mol. The molecule has 0 heterocycles. The van der Waals surface area contributed by atoms with Gasteiger partial charge in [-0.2, -0.15) is 0 Å². The number of hydrogen-bond acceptors (Lipinski definition) is 3. The van der Waals surface area contributed by atoms with Gasteiger partial charge in [0.05, 0.1) is 6.61 Å². The average molecular weight is 357 g/mol. The van der Waals surface area contributed by atoms with Gasteiger partial charge in [0.15, 0.2) is 0 Å². The minimum atomic E-state index is 0.0454. The summed E-state index contributed by atoms with van der Waals surface area (Å²) in [5, 5.41) is 6.07. The summed E-state index contributed by atoms with van der Waals surface area (Å²) in [6, 6.07) is 5.99. The van der Waals surface area contributed by atoms with Crippen LogP contribution >= 0.6 is 15.9 Å². The topological polar surface area (TPSA) is 50.4 Å². The summed E-state index contributed by atoms with van der Waals surface area (Å²) in [7, 11) is 1.65. The predicted molar refractivity (Wildman–Crippen MR) is 89.5 cm³/mol. The minimum absolute atomic E-state index is 0.0454. The molecule has 0 aliphatic rings. The maximum absolute atomic E-state index is 11.2. The number of benzene rings is 1. The Hall–Kier alpha value is -1.07. The van der Waals surface area contributed by atoms with Crippen LogP contribution < -0.4 is 15.4 Å². The van der Waals surface area contributed by atoms with Crippen molar-refractivity contribution in [1.82, 2.24) is 10.6 Å². The van der Waals surface area contributed by atoms with Gasteiger partial charge >= 0.3 is 0 Å². The van der Waals surface area contributed by atoms with Gasteiger partial charge in [0.25, 0.3) is 0 Å². The quantitative estimate of drug-likeness (QED) is 0.737. The first-order chi connectivity index (χ1) is 9.81. The monoisotopic (exact) mass is 356 g/mol. The molecule has 0 unspecified atom stereocenters. The number of carbonyl (C=O) groups is 1. The highest BCUT2D eigenvalue weighted by molar-refractivity contribution is 9.10. The lowest BCUT2D eigenvalue weighted by Crippen LogP contribution is -2.35. The largest absolute Gasteiger partial charge is 0.493 e. The molecule has 1 amide bonds. The second-order valence-electron chi connectivity index (χ2n) is 5.98. The zero-order chi connectivity index (χ0) is 15.9. The van der Waals surface area contributed by atoms with Crippen LogP contribution in [0.2, 0.25) is 0 Å². The van der Waals surface area contributed by atoms with Gasteiger partial charge < -0.3 is 15.4 Å². The number of amides is 1. The van der Waals surface area contributed by atoms with Gasteiger partial charge in [-0.25, -0.2) is 0 Å². The molecule has 1 aromatic carbocycles. The van der Waals surface area contributed by atoms with Crippen molar-refractivity contribution in [3.8, 4) is 5.75 Å². The molecule has 0 saturated carbocycles. The van der Waals surface area contributed by atoms with Crippen LogP contribution in [0, 0.1) is 0 Å². The maximum Gasteiger partial charge on any atom is 0.219 e. The van der Waals surface area contributed by atoms with Crippen LogP contribution in [0.5, 0.6) is 5.75 Å². The zero-order valence-corrected chi connectivity index (χ0v) is 14.8. The van der Waals surface area contributed by atoms with Crippen molar-refractivity contribution < 1.29 is 9.53 Å². The van der Waals surface area contributed by atoms with Crippen molar-refractivity contribution in [2.24, 2.45) is 0 Å². The Morgan fingerprint density at radius 1 is 1.33 bits per heavy atom. The van der Waals surface area contributed by atoms with Crippen LogP contribution in [0.3, 0.4) is 0 Å². The summed E-state index contributed by atoms with van der Waals surface area (Å²) in [6.07, 6.45) is 1.20. The summed E-state index contributed by atoms with van der Waals surface area (Å²) < 4.78 is 6.84. The molecular formula is C16H25BrN2O2. The Morgan fingerprint density at radius 2 is 2.05 bits per heavy atom. The molecule has 0 radical (unpaired) electrons. The third-order valence-electron chi connectivity index (χ3n) is 2.92. The van der Waals surface area contributed by atoms with Crippen molar-refractivity contribution in [3.05, 3.63) is 28.2 Å². The molecule has 1 aromatic rings. The van der Waals surface area contributed by atoms with E-state index < -0.39 is 0 Å². The van der Waals surface area contributed by atoms with Crippen molar-refractivity contribution in [2.75, 3.05) is 13.7 Å². The molecule has 0 fully saturated rings. The molecule has 118 valence electrons. The van der Waals surface area contributed by atoms with Gasteiger partial charge in [-0.15, -0.1) is 0 Å². The van der Waals surface area contributed by atoms with Gasteiger partial charge in [-0.3, -0.25) is 4.79 Å². The first kappa shape index (κ1) is 18.0. The lowest BCUT2D eigenvalue weighted by Gasteiger charge is -2.22. The highest BCUT2D eigenvalue weighted by atomic mass is 79.9. The highest BCUT2D eigenvalue weighted by Crippen LogP contribution is 2.24. The summed E-state index contributed by atoms with van der Waals surface area (Å²) in [4.78, 5) is 11.2. The van der Waals surface area contributed by atoms with E-state index in [1.165, 1.54) is 0 Å². The first-order valence-corrected chi connectivity index (χ1v) is 7.98. The van der Waals surface area contributed by atoms with E-state index in [4.69, 9.17) is 4.74 Å². The molecule has 4 nitrogen and oxygen atoms in total. The molecule has 0 aliphatic carbocycles. The number of hydrogen-bond donors (Lipinski definition) is 2. The van der Waals surface area contributed by atoms with Gasteiger partial charge in [0.2, 0.25) is 5.91 Å². The van der Waals surface area contributed by atoms with E-state index in [0.29, 0.717) is 19.4 Å². The second-order valence-corrected chi connectivity index (χ2v) is 6.90. The number of halogens is 1. The van der Waals surface area contributed by atoms with Gasteiger partial charge in [0.1, 0.15) is 5.75 Å². The van der Waals surface area contributed by atoms with Crippen LogP contribution in [-0.2, 0) is 11.3 Å². The Kier molecular flexibility index (Phi) is 7.18. The lowest BCUT2D eigenvalue weighted by molar-refractivity contribution is -0.120. The summed E-state index contributed by atoms with van der Waals surface area (Å²) in [6.45, 7) is 7.68. The van der Waals surface area contributed by atoms with Crippen molar-refractivity contribution in [2.45, 2.75) is 45.7 Å². The average Bonchev–Trinajstić information content (AvgIpc) is 2.41. The first-order valence-electron chi connectivity index (χ1n) is 7.18. The Bertz CT molecular complexity index is 470. The summed E-state index contributed by atoms with van der Waals surface area (Å²) in [5.41, 5.74) is 1.16. The Balaban J connectivity index is 2.58. The predicted octanol–water partition coefficient (Wildman–Crippen LogP) is 3.24. The van der Waals surface area contributed by atoms with E-state index in [1.54, 1.807) is 7.05 Å². The zero-order valence-electron chi connectivity index (χ0n) is 13.3. The van der Waals surface area contributed by atoms with Gasteiger partial charge in [-0.1, -0.05) is 15.9 Å². The fourth-order valence-electron chi connectivity index (χ4n) is 1.73. The Labute approximate surface area is 135 Å². The Morgan fingerprint density at radius 3 is 2.67 bits per heavy atom.